The molecule has 0 aliphatic carbocycles. The Hall–Kier alpha value is -4.13. The van der Waals surface area contributed by atoms with Crippen LogP contribution in [-0.2, 0) is 6.54 Å². The summed E-state index contributed by atoms with van der Waals surface area (Å²) in [6, 6.07) is 15.5. The number of anilines is 1. The molecule has 1 amide bonds. The second kappa shape index (κ2) is 6.79. The molecule has 0 saturated heterocycles. The Morgan fingerprint density at radius 2 is 1.97 bits per heavy atom. The molecule has 5 aromatic rings. The number of nitrogens with zero attached hydrogens (tertiary/aromatic N) is 2. The van der Waals surface area contributed by atoms with Crippen molar-refractivity contribution >= 4 is 33.5 Å². The van der Waals surface area contributed by atoms with Gasteiger partial charge in [-0.3, -0.25) is 9.89 Å². The summed E-state index contributed by atoms with van der Waals surface area (Å²) in [6.07, 6.45) is 5.33. The van der Waals surface area contributed by atoms with Crippen LogP contribution in [0.25, 0.3) is 32.9 Å². The molecule has 0 aliphatic rings. The largest absolute Gasteiger partial charge is 0.384 e. The van der Waals surface area contributed by atoms with E-state index < -0.39 is 0 Å². The van der Waals surface area contributed by atoms with Crippen molar-refractivity contribution in [1.29, 1.82) is 0 Å². The molecule has 29 heavy (non-hydrogen) atoms. The van der Waals surface area contributed by atoms with Gasteiger partial charge in [0.05, 0.1) is 29.0 Å². The zero-order chi connectivity index (χ0) is 19.8. The van der Waals surface area contributed by atoms with Crippen molar-refractivity contribution in [3.8, 4) is 11.1 Å². The highest BCUT2D eigenvalue weighted by molar-refractivity contribution is 6.08. The summed E-state index contributed by atoms with van der Waals surface area (Å²) in [5.74, 6) is 0.287. The Labute approximate surface area is 166 Å². The van der Waals surface area contributed by atoms with E-state index in [2.05, 4.69) is 25.5 Å². The third-order valence-electron chi connectivity index (χ3n) is 4.99. The number of amides is 1. The van der Waals surface area contributed by atoms with E-state index in [0.717, 1.165) is 33.0 Å². The summed E-state index contributed by atoms with van der Waals surface area (Å²) in [5, 5.41) is 11.9. The molecular weight excluding hydrogens is 364 g/mol. The summed E-state index contributed by atoms with van der Waals surface area (Å²) in [4.78, 5) is 20.3. The van der Waals surface area contributed by atoms with Crippen molar-refractivity contribution in [2.75, 3.05) is 5.73 Å². The Bertz CT molecular complexity index is 1340. The summed E-state index contributed by atoms with van der Waals surface area (Å²) >= 11 is 0. The zero-order valence-electron chi connectivity index (χ0n) is 15.4. The van der Waals surface area contributed by atoms with Gasteiger partial charge in [-0.25, -0.2) is 4.98 Å². The van der Waals surface area contributed by atoms with Gasteiger partial charge in [0.1, 0.15) is 5.82 Å². The molecule has 0 fully saturated rings. The predicted octanol–water partition coefficient (Wildman–Crippen LogP) is 3.62. The molecule has 142 valence electrons. The molecule has 7 nitrogen and oxygen atoms in total. The molecule has 0 atom stereocenters. The Balaban J connectivity index is 1.56. The van der Waals surface area contributed by atoms with Crippen LogP contribution in [0.2, 0.25) is 0 Å². The smallest absolute Gasteiger partial charge is 0.253 e. The first-order chi connectivity index (χ1) is 14.2. The number of fused-ring (bicyclic) bond motifs is 2. The average Bonchev–Trinajstić information content (AvgIpc) is 3.38. The lowest BCUT2D eigenvalue weighted by atomic mass is 10.00. The van der Waals surface area contributed by atoms with Crippen molar-refractivity contribution < 1.29 is 4.79 Å². The summed E-state index contributed by atoms with van der Waals surface area (Å²) in [5.41, 5.74) is 10.9. The second-order valence-electron chi connectivity index (χ2n) is 6.88. The van der Waals surface area contributed by atoms with Crippen molar-refractivity contribution in [1.82, 2.24) is 25.5 Å². The van der Waals surface area contributed by atoms with Gasteiger partial charge in [0, 0.05) is 29.1 Å². The quantitative estimate of drug-likeness (QED) is 0.380. The number of benzene rings is 2. The Kier molecular flexibility index (Phi) is 3.98. The molecule has 0 spiro atoms. The Morgan fingerprint density at radius 3 is 2.83 bits per heavy atom. The van der Waals surface area contributed by atoms with Crippen LogP contribution in [0.3, 0.4) is 0 Å². The minimum absolute atomic E-state index is 0.161. The maximum atomic E-state index is 13.0. The number of hydrogen-bond donors (Lipinski definition) is 4. The number of nitrogens with one attached hydrogen (secondary N) is 3. The highest BCUT2D eigenvalue weighted by Gasteiger charge is 2.16. The number of rotatable bonds is 4. The maximum Gasteiger partial charge on any atom is 0.253 e. The van der Waals surface area contributed by atoms with Crippen LogP contribution in [0.1, 0.15) is 15.9 Å². The van der Waals surface area contributed by atoms with Gasteiger partial charge in [0.2, 0.25) is 0 Å². The zero-order valence-corrected chi connectivity index (χ0v) is 15.4. The molecule has 5 rings (SSSR count). The van der Waals surface area contributed by atoms with Crippen LogP contribution >= 0.6 is 0 Å². The molecule has 0 unspecified atom stereocenters. The van der Waals surface area contributed by atoms with E-state index in [9.17, 15) is 4.79 Å². The fraction of sp³-hybridized carbons (Fsp3) is 0.0455. The lowest BCUT2D eigenvalue weighted by molar-refractivity contribution is 0.0952. The SMILES string of the molecule is Nc1cc2c(-c3cc(C(=O)NCc4ccccc4)c4[nH]ncc4c3)c[nH]c2cn1. The molecule has 5 N–H and O–H groups in total. The minimum atomic E-state index is -0.161. The number of nitrogen functional groups attached to an aromatic ring is 1. The van der Waals surface area contributed by atoms with Crippen molar-refractivity contribution in [2.24, 2.45) is 0 Å². The van der Waals surface area contributed by atoms with E-state index in [0.29, 0.717) is 23.4 Å². The summed E-state index contributed by atoms with van der Waals surface area (Å²) in [7, 11) is 0. The first-order valence-corrected chi connectivity index (χ1v) is 9.21. The fourth-order valence-corrected chi connectivity index (χ4v) is 3.54. The number of aromatic nitrogens is 4. The van der Waals surface area contributed by atoms with Crippen LogP contribution in [0.4, 0.5) is 5.82 Å². The number of H-pyrrole nitrogens is 2. The predicted molar refractivity (Wildman–Crippen MR) is 113 cm³/mol. The molecule has 7 heteroatoms. The summed E-state index contributed by atoms with van der Waals surface area (Å²) in [6.45, 7) is 0.453. The third kappa shape index (κ3) is 3.08. The van der Waals surface area contributed by atoms with Gasteiger partial charge in [-0.15, -0.1) is 0 Å². The fourth-order valence-electron chi connectivity index (χ4n) is 3.54. The van der Waals surface area contributed by atoms with Gasteiger partial charge in [-0.05, 0) is 29.3 Å². The summed E-state index contributed by atoms with van der Waals surface area (Å²) < 4.78 is 0. The van der Waals surface area contributed by atoms with Gasteiger partial charge in [0.15, 0.2) is 0 Å². The van der Waals surface area contributed by atoms with E-state index in [4.69, 9.17) is 5.73 Å². The normalized spacial score (nSPS) is 11.2. The molecule has 2 aromatic carbocycles. The number of nitrogens with two attached hydrogens (primary N) is 1. The first kappa shape index (κ1) is 17.0. The maximum absolute atomic E-state index is 13.0. The van der Waals surface area contributed by atoms with E-state index in [-0.39, 0.29) is 5.91 Å². The average molecular weight is 382 g/mol. The van der Waals surface area contributed by atoms with Crippen molar-refractivity contribution in [3.05, 3.63) is 78.2 Å². The van der Waals surface area contributed by atoms with E-state index in [1.165, 1.54) is 0 Å². The van der Waals surface area contributed by atoms with Gasteiger partial charge < -0.3 is 16.0 Å². The van der Waals surface area contributed by atoms with E-state index in [1.807, 2.05) is 54.7 Å². The number of hydrogen-bond acceptors (Lipinski definition) is 4. The number of carbonyl (C=O) groups is 1. The molecule has 0 bridgehead atoms. The molecule has 3 aromatic heterocycles. The lowest BCUT2D eigenvalue weighted by Crippen LogP contribution is -2.23. The number of aromatic amines is 2. The van der Waals surface area contributed by atoms with Crippen molar-refractivity contribution in [3.63, 3.8) is 0 Å². The minimum Gasteiger partial charge on any atom is -0.384 e. The van der Waals surface area contributed by atoms with Crippen LogP contribution in [0.15, 0.2) is 67.1 Å². The van der Waals surface area contributed by atoms with Crippen LogP contribution < -0.4 is 11.1 Å². The standard InChI is InChI=1S/C22H18N6O/c23-20-8-16-18(11-24-19(16)12-25-20)14-6-15-10-27-28-21(15)17(7-14)22(29)26-9-13-4-2-1-3-5-13/h1-8,10-12,24H,9H2,(H2,23,25)(H,26,29)(H,27,28). The molecular formula is C22H18N6O. The number of carbonyl (C=O) groups excluding carboxylic acids is 1. The van der Waals surface area contributed by atoms with E-state index in [1.54, 1.807) is 12.4 Å². The second-order valence-corrected chi connectivity index (χ2v) is 6.88. The molecule has 0 radical (unpaired) electrons. The monoisotopic (exact) mass is 382 g/mol. The van der Waals surface area contributed by atoms with Gasteiger partial charge in [-0.2, -0.15) is 5.10 Å². The molecule has 0 saturated carbocycles. The first-order valence-electron chi connectivity index (χ1n) is 9.21. The Morgan fingerprint density at radius 1 is 1.10 bits per heavy atom. The molecule has 0 aliphatic heterocycles. The molecule has 3 heterocycles. The van der Waals surface area contributed by atoms with Gasteiger partial charge in [-0.1, -0.05) is 30.3 Å². The highest BCUT2D eigenvalue weighted by atomic mass is 16.1. The van der Waals surface area contributed by atoms with Gasteiger partial charge in [0.25, 0.3) is 5.91 Å². The third-order valence-corrected chi connectivity index (χ3v) is 4.99. The van der Waals surface area contributed by atoms with Gasteiger partial charge >= 0.3 is 0 Å². The highest BCUT2D eigenvalue weighted by Crippen LogP contribution is 2.32. The topological polar surface area (TPSA) is 112 Å². The lowest BCUT2D eigenvalue weighted by Gasteiger charge is -2.09. The van der Waals surface area contributed by atoms with Crippen LogP contribution in [0.5, 0.6) is 0 Å². The van der Waals surface area contributed by atoms with Crippen molar-refractivity contribution in [2.45, 2.75) is 6.54 Å². The van der Waals surface area contributed by atoms with Crippen LogP contribution in [-0.4, -0.2) is 26.1 Å². The van der Waals surface area contributed by atoms with Crippen LogP contribution in [0, 0.1) is 0 Å². The number of pyridine rings is 1. The van der Waals surface area contributed by atoms with E-state index >= 15 is 0 Å².